The number of thiazole rings is 1. The van der Waals surface area contributed by atoms with Gasteiger partial charge in [-0.3, -0.25) is 4.79 Å². The molecular formula is C24H32FN3O3S. The highest BCUT2D eigenvalue weighted by Gasteiger charge is 2.27. The second-order valence-electron chi connectivity index (χ2n) is 9.40. The third-order valence-electron chi connectivity index (χ3n) is 5.40. The topological polar surface area (TPSA) is 62.7 Å². The van der Waals surface area contributed by atoms with Crippen molar-refractivity contribution in [1.29, 1.82) is 0 Å². The van der Waals surface area contributed by atoms with E-state index >= 15 is 0 Å². The molecule has 2 aromatic rings. The van der Waals surface area contributed by atoms with Crippen LogP contribution < -0.4 is 0 Å². The molecule has 1 aliphatic heterocycles. The number of nitrogens with zero attached hydrogens (tertiary/aromatic N) is 3. The number of carbonyl (C=O) groups excluding carboxylic acids is 2. The van der Waals surface area contributed by atoms with E-state index in [0.29, 0.717) is 38.4 Å². The van der Waals surface area contributed by atoms with Gasteiger partial charge in [0.25, 0.3) is 0 Å². The van der Waals surface area contributed by atoms with Gasteiger partial charge in [0.05, 0.1) is 17.1 Å². The monoisotopic (exact) mass is 461 g/mol. The zero-order valence-electron chi connectivity index (χ0n) is 19.3. The van der Waals surface area contributed by atoms with Gasteiger partial charge in [-0.1, -0.05) is 12.1 Å². The van der Waals surface area contributed by atoms with Gasteiger partial charge in [-0.05, 0) is 57.2 Å². The number of benzene rings is 1. The molecule has 0 atom stereocenters. The van der Waals surface area contributed by atoms with Crippen molar-refractivity contribution in [2.45, 2.75) is 52.1 Å². The first-order chi connectivity index (χ1) is 15.1. The Morgan fingerprint density at radius 3 is 2.50 bits per heavy atom. The third kappa shape index (κ3) is 7.29. The van der Waals surface area contributed by atoms with Crippen LogP contribution >= 0.6 is 11.3 Å². The maximum absolute atomic E-state index is 13.1. The van der Waals surface area contributed by atoms with Gasteiger partial charge in [0.1, 0.15) is 11.4 Å². The molecule has 174 valence electrons. The molecule has 8 heteroatoms. The number of hydrogen-bond donors (Lipinski definition) is 0. The maximum atomic E-state index is 13.1. The van der Waals surface area contributed by atoms with Crippen LogP contribution in [0.4, 0.5) is 9.18 Å². The SMILES string of the molecule is CN(CC1CCN(C(=O)Cc2csc(Cc3ccc(F)cc3)n2)CC1)C(=O)OC(C)(C)C. The summed E-state index contributed by atoms with van der Waals surface area (Å²) < 4.78 is 18.5. The first-order valence-electron chi connectivity index (χ1n) is 11.0. The number of hydrogen-bond acceptors (Lipinski definition) is 5. The number of carbonyl (C=O) groups is 2. The zero-order valence-corrected chi connectivity index (χ0v) is 20.1. The van der Waals surface area contributed by atoms with E-state index in [1.54, 1.807) is 24.1 Å². The quantitative estimate of drug-likeness (QED) is 0.635. The number of rotatable bonds is 6. The van der Waals surface area contributed by atoms with E-state index in [0.717, 1.165) is 29.1 Å². The second kappa shape index (κ2) is 10.4. The minimum Gasteiger partial charge on any atom is -0.444 e. The van der Waals surface area contributed by atoms with Gasteiger partial charge in [-0.15, -0.1) is 11.3 Å². The van der Waals surface area contributed by atoms with Gasteiger partial charge >= 0.3 is 6.09 Å². The van der Waals surface area contributed by atoms with Crippen LogP contribution in [0.2, 0.25) is 0 Å². The molecule has 1 saturated heterocycles. The molecule has 1 fully saturated rings. The Hall–Kier alpha value is -2.48. The Bertz CT molecular complexity index is 915. The van der Waals surface area contributed by atoms with Crippen molar-refractivity contribution in [2.75, 3.05) is 26.7 Å². The summed E-state index contributed by atoms with van der Waals surface area (Å²) in [5, 5.41) is 2.85. The fourth-order valence-electron chi connectivity index (χ4n) is 3.72. The van der Waals surface area contributed by atoms with Gasteiger partial charge in [-0.25, -0.2) is 14.2 Å². The van der Waals surface area contributed by atoms with Crippen molar-refractivity contribution in [3.05, 3.63) is 51.7 Å². The largest absolute Gasteiger partial charge is 0.444 e. The van der Waals surface area contributed by atoms with E-state index in [1.165, 1.54) is 23.5 Å². The summed E-state index contributed by atoms with van der Waals surface area (Å²) in [5.74, 6) is 0.195. The predicted molar refractivity (Wildman–Crippen MR) is 123 cm³/mol. The molecule has 0 bridgehead atoms. The molecule has 1 aliphatic rings. The smallest absolute Gasteiger partial charge is 0.410 e. The fraction of sp³-hybridized carbons (Fsp3) is 0.542. The summed E-state index contributed by atoms with van der Waals surface area (Å²) in [5.41, 5.74) is 1.27. The average molecular weight is 462 g/mol. The molecule has 0 spiro atoms. The molecule has 1 aromatic carbocycles. The minimum atomic E-state index is -0.504. The summed E-state index contributed by atoms with van der Waals surface area (Å²) in [6, 6.07) is 6.41. The van der Waals surface area contributed by atoms with Crippen LogP contribution in [0.1, 0.15) is 49.9 Å². The Kier molecular flexibility index (Phi) is 7.87. The zero-order chi connectivity index (χ0) is 23.3. The van der Waals surface area contributed by atoms with E-state index in [-0.39, 0.29) is 17.8 Å². The van der Waals surface area contributed by atoms with Crippen molar-refractivity contribution in [1.82, 2.24) is 14.8 Å². The van der Waals surface area contributed by atoms with Crippen LogP contribution in [-0.4, -0.2) is 59.1 Å². The standard InChI is InChI=1S/C24H32FN3O3S/c1-24(2,3)31-23(30)27(4)15-18-9-11-28(12-10-18)22(29)14-20-16-32-21(26-20)13-17-5-7-19(25)8-6-17/h5-8,16,18H,9-15H2,1-4H3. The Labute approximate surface area is 193 Å². The lowest BCUT2D eigenvalue weighted by Crippen LogP contribution is -2.43. The molecule has 0 radical (unpaired) electrons. The highest BCUT2D eigenvalue weighted by molar-refractivity contribution is 7.09. The van der Waals surface area contributed by atoms with Crippen molar-refractivity contribution in [2.24, 2.45) is 5.92 Å². The number of amides is 2. The summed E-state index contributed by atoms with van der Waals surface area (Å²) in [4.78, 5) is 33.0. The normalized spacial score (nSPS) is 15.0. The van der Waals surface area contributed by atoms with E-state index in [4.69, 9.17) is 4.74 Å². The van der Waals surface area contributed by atoms with Crippen LogP contribution in [0.25, 0.3) is 0 Å². The molecule has 0 N–H and O–H groups in total. The van der Waals surface area contributed by atoms with Gasteiger partial charge < -0.3 is 14.5 Å². The number of likely N-dealkylation sites (tertiary alicyclic amines) is 1. The summed E-state index contributed by atoms with van der Waals surface area (Å²) in [6.45, 7) is 7.59. The summed E-state index contributed by atoms with van der Waals surface area (Å²) >= 11 is 1.53. The number of piperidine rings is 1. The van der Waals surface area contributed by atoms with Crippen molar-refractivity contribution in [3.63, 3.8) is 0 Å². The van der Waals surface area contributed by atoms with Crippen LogP contribution in [0, 0.1) is 11.7 Å². The molecule has 3 rings (SSSR count). The summed E-state index contributed by atoms with van der Waals surface area (Å²) in [6.07, 6.45) is 2.35. The molecule has 6 nitrogen and oxygen atoms in total. The first-order valence-corrected chi connectivity index (χ1v) is 11.9. The summed E-state index contributed by atoms with van der Waals surface area (Å²) in [7, 11) is 1.76. The van der Waals surface area contributed by atoms with Gasteiger partial charge in [0.15, 0.2) is 0 Å². The second-order valence-corrected chi connectivity index (χ2v) is 10.3. The lowest BCUT2D eigenvalue weighted by Gasteiger charge is -2.34. The fourth-order valence-corrected chi connectivity index (χ4v) is 4.55. The van der Waals surface area contributed by atoms with Crippen LogP contribution in [-0.2, 0) is 22.4 Å². The Morgan fingerprint density at radius 2 is 1.88 bits per heavy atom. The van der Waals surface area contributed by atoms with Gasteiger partial charge in [-0.2, -0.15) is 0 Å². The molecular weight excluding hydrogens is 429 g/mol. The predicted octanol–water partition coefficient (Wildman–Crippen LogP) is 4.52. The molecule has 2 heterocycles. The van der Waals surface area contributed by atoms with E-state index in [1.807, 2.05) is 31.1 Å². The first kappa shape index (κ1) is 24.2. The minimum absolute atomic E-state index is 0.0857. The number of halogens is 1. The maximum Gasteiger partial charge on any atom is 0.410 e. The van der Waals surface area contributed by atoms with E-state index in [9.17, 15) is 14.0 Å². The molecule has 0 unspecified atom stereocenters. The molecule has 0 saturated carbocycles. The number of aromatic nitrogens is 1. The lowest BCUT2D eigenvalue weighted by atomic mass is 9.96. The van der Waals surface area contributed by atoms with Crippen molar-refractivity contribution in [3.8, 4) is 0 Å². The van der Waals surface area contributed by atoms with E-state index in [2.05, 4.69) is 4.98 Å². The Balaban J connectivity index is 1.43. The Morgan fingerprint density at radius 1 is 1.22 bits per heavy atom. The van der Waals surface area contributed by atoms with Crippen LogP contribution in [0.3, 0.4) is 0 Å². The highest BCUT2D eigenvalue weighted by atomic mass is 32.1. The van der Waals surface area contributed by atoms with E-state index < -0.39 is 5.60 Å². The van der Waals surface area contributed by atoms with Crippen LogP contribution in [0.15, 0.2) is 29.6 Å². The third-order valence-corrected chi connectivity index (χ3v) is 6.30. The highest BCUT2D eigenvalue weighted by Crippen LogP contribution is 2.21. The molecule has 0 aliphatic carbocycles. The van der Waals surface area contributed by atoms with Gasteiger partial charge in [0.2, 0.25) is 5.91 Å². The van der Waals surface area contributed by atoms with Crippen molar-refractivity contribution >= 4 is 23.3 Å². The molecule has 2 amide bonds. The molecule has 1 aromatic heterocycles. The molecule has 32 heavy (non-hydrogen) atoms. The van der Waals surface area contributed by atoms with Crippen LogP contribution in [0.5, 0.6) is 0 Å². The van der Waals surface area contributed by atoms with Crippen molar-refractivity contribution < 1.29 is 18.7 Å². The average Bonchev–Trinajstić information content (AvgIpc) is 3.15. The number of ether oxygens (including phenoxy) is 1. The lowest BCUT2D eigenvalue weighted by molar-refractivity contribution is -0.132. The van der Waals surface area contributed by atoms with Gasteiger partial charge in [0, 0.05) is 38.5 Å².